The van der Waals surface area contributed by atoms with Gasteiger partial charge in [-0.3, -0.25) is 14.3 Å². The van der Waals surface area contributed by atoms with Crippen LogP contribution in [0.2, 0.25) is 0 Å². The lowest BCUT2D eigenvalue weighted by atomic mass is 9.81. The lowest BCUT2D eigenvalue weighted by Gasteiger charge is -2.38. The molecule has 0 radical (unpaired) electrons. The van der Waals surface area contributed by atoms with Crippen LogP contribution in [0.1, 0.15) is 60.8 Å². The van der Waals surface area contributed by atoms with E-state index < -0.39 is 13.6 Å². The molecule has 1 unspecified atom stereocenters. The van der Waals surface area contributed by atoms with Crippen molar-refractivity contribution in [1.29, 1.82) is 5.26 Å². The first kappa shape index (κ1) is 25.1. The van der Waals surface area contributed by atoms with Gasteiger partial charge in [-0.1, -0.05) is 55.7 Å². The van der Waals surface area contributed by atoms with E-state index >= 15 is 0 Å². The second-order valence-corrected chi connectivity index (χ2v) is 10.6. The fraction of sp³-hybridized carbons (Fsp3) is 0.440. The summed E-state index contributed by atoms with van der Waals surface area (Å²) in [5.74, 6) is -0.505. The summed E-state index contributed by atoms with van der Waals surface area (Å²) in [5.41, 5.74) is 3.13. The van der Waals surface area contributed by atoms with Gasteiger partial charge in [0.1, 0.15) is 0 Å². The van der Waals surface area contributed by atoms with Crippen molar-refractivity contribution in [2.24, 2.45) is 5.92 Å². The molecular weight excluding hydrogens is 439 g/mol. The molecule has 3 rings (SSSR count). The fourth-order valence-corrected chi connectivity index (χ4v) is 5.41. The maximum atomic E-state index is 11.8. The molecule has 1 atom stereocenters. The summed E-state index contributed by atoms with van der Waals surface area (Å²) in [5, 5.41) is 18.8. The standard InChI is InChI=1S/C25H31N2O5P/c26-15-19-6-8-20(9-7-19)16-27(24(14-25(28)29)23-4-2-1-3-5-23)17-21-10-12-22(13-11-21)18-33(30,31)32/h6-13,23-24H,1-5,14,16-18H2,(H,28,29)(H2,30,31,32). The Morgan fingerprint density at radius 3 is 1.97 bits per heavy atom. The molecule has 3 N–H and O–H groups in total. The van der Waals surface area contributed by atoms with Crippen LogP contribution in [-0.4, -0.2) is 31.8 Å². The molecule has 0 heterocycles. The first-order chi connectivity index (χ1) is 15.7. The van der Waals surface area contributed by atoms with Gasteiger partial charge in [-0.15, -0.1) is 0 Å². The van der Waals surface area contributed by atoms with Crippen LogP contribution in [0.4, 0.5) is 0 Å². The lowest BCUT2D eigenvalue weighted by molar-refractivity contribution is -0.139. The van der Waals surface area contributed by atoms with Gasteiger partial charge in [-0.2, -0.15) is 5.26 Å². The van der Waals surface area contributed by atoms with Crippen LogP contribution >= 0.6 is 7.60 Å². The van der Waals surface area contributed by atoms with E-state index in [1.807, 2.05) is 24.3 Å². The minimum Gasteiger partial charge on any atom is -0.481 e. The van der Waals surface area contributed by atoms with Gasteiger partial charge >= 0.3 is 13.6 Å². The lowest BCUT2D eigenvalue weighted by Crippen LogP contribution is -2.42. The average Bonchev–Trinajstić information content (AvgIpc) is 2.78. The molecule has 1 aliphatic carbocycles. The fourth-order valence-electron chi connectivity index (χ4n) is 4.72. The third-order valence-electron chi connectivity index (χ3n) is 6.31. The van der Waals surface area contributed by atoms with Crippen LogP contribution < -0.4 is 0 Å². The summed E-state index contributed by atoms with van der Waals surface area (Å²) >= 11 is 0. The number of nitriles is 1. The summed E-state index contributed by atoms with van der Waals surface area (Å²) in [4.78, 5) is 32.4. The van der Waals surface area contributed by atoms with Crippen molar-refractivity contribution in [1.82, 2.24) is 4.90 Å². The highest BCUT2D eigenvalue weighted by Crippen LogP contribution is 2.39. The highest BCUT2D eigenvalue weighted by atomic mass is 31.2. The van der Waals surface area contributed by atoms with Crippen LogP contribution in [0.15, 0.2) is 48.5 Å². The summed E-state index contributed by atoms with van der Waals surface area (Å²) in [6, 6.07) is 16.5. The van der Waals surface area contributed by atoms with Gasteiger partial charge < -0.3 is 14.9 Å². The molecular formula is C25H31N2O5P. The van der Waals surface area contributed by atoms with E-state index in [9.17, 15) is 24.3 Å². The van der Waals surface area contributed by atoms with Crippen molar-refractivity contribution in [3.8, 4) is 6.07 Å². The van der Waals surface area contributed by atoms with E-state index in [0.29, 0.717) is 30.1 Å². The maximum absolute atomic E-state index is 11.8. The van der Waals surface area contributed by atoms with Gasteiger partial charge in [-0.05, 0) is 47.6 Å². The Kier molecular flexibility index (Phi) is 8.82. The zero-order chi connectivity index (χ0) is 23.8. The predicted molar refractivity (Wildman–Crippen MR) is 125 cm³/mol. The summed E-state index contributed by atoms with van der Waals surface area (Å²) < 4.78 is 11.3. The molecule has 176 valence electrons. The highest BCUT2D eigenvalue weighted by Gasteiger charge is 2.31. The van der Waals surface area contributed by atoms with E-state index in [4.69, 9.17) is 5.26 Å². The minimum absolute atomic E-state index is 0.0667. The Hall–Kier alpha value is -2.49. The maximum Gasteiger partial charge on any atom is 0.329 e. The molecule has 2 aromatic carbocycles. The van der Waals surface area contributed by atoms with E-state index in [-0.39, 0.29) is 18.6 Å². The molecule has 0 saturated heterocycles. The average molecular weight is 471 g/mol. The van der Waals surface area contributed by atoms with Gasteiger partial charge in [0.05, 0.1) is 24.2 Å². The van der Waals surface area contributed by atoms with Crippen LogP contribution in [-0.2, 0) is 28.6 Å². The second kappa shape index (κ2) is 11.6. The zero-order valence-electron chi connectivity index (χ0n) is 18.6. The first-order valence-corrected chi connectivity index (χ1v) is 13.1. The van der Waals surface area contributed by atoms with Crippen LogP contribution in [0.25, 0.3) is 0 Å². The smallest absolute Gasteiger partial charge is 0.329 e. The monoisotopic (exact) mass is 470 g/mol. The third kappa shape index (κ3) is 8.10. The summed E-state index contributed by atoms with van der Waals surface area (Å²) in [7, 11) is -4.13. The molecule has 1 aliphatic rings. The highest BCUT2D eigenvalue weighted by molar-refractivity contribution is 7.50. The molecule has 0 aliphatic heterocycles. The van der Waals surface area contributed by atoms with E-state index in [1.165, 1.54) is 6.42 Å². The molecule has 0 aromatic heterocycles. The van der Waals surface area contributed by atoms with Crippen molar-refractivity contribution < 1.29 is 24.3 Å². The van der Waals surface area contributed by atoms with Crippen LogP contribution in [0.3, 0.4) is 0 Å². The number of hydrogen-bond acceptors (Lipinski definition) is 4. The van der Waals surface area contributed by atoms with Crippen molar-refractivity contribution >= 4 is 13.6 Å². The van der Waals surface area contributed by atoms with Crippen molar-refractivity contribution in [3.05, 3.63) is 70.8 Å². The van der Waals surface area contributed by atoms with Crippen molar-refractivity contribution in [3.63, 3.8) is 0 Å². The largest absolute Gasteiger partial charge is 0.481 e. The number of benzene rings is 2. The number of aliphatic carboxylic acids is 1. The van der Waals surface area contributed by atoms with Crippen LogP contribution in [0.5, 0.6) is 0 Å². The molecule has 1 fully saturated rings. The predicted octanol–water partition coefficient (Wildman–Crippen LogP) is 4.66. The minimum atomic E-state index is -4.13. The molecule has 0 bridgehead atoms. The normalized spacial score (nSPS) is 15.8. The Morgan fingerprint density at radius 2 is 1.48 bits per heavy atom. The Bertz CT molecular complexity index is 1000. The van der Waals surface area contributed by atoms with Gasteiger partial charge in [0.2, 0.25) is 0 Å². The Morgan fingerprint density at radius 1 is 0.970 bits per heavy atom. The molecule has 0 amide bonds. The van der Waals surface area contributed by atoms with Crippen molar-refractivity contribution in [2.75, 3.05) is 0 Å². The summed E-state index contributed by atoms with van der Waals surface area (Å²) in [6.45, 7) is 1.09. The topological polar surface area (TPSA) is 122 Å². The Balaban J connectivity index is 1.86. The molecule has 33 heavy (non-hydrogen) atoms. The van der Waals surface area contributed by atoms with Crippen LogP contribution in [0, 0.1) is 17.2 Å². The molecule has 0 spiro atoms. The number of carboxylic acid groups (broad SMARTS) is 1. The molecule has 1 saturated carbocycles. The van der Waals surface area contributed by atoms with Gasteiger partial charge in [0.15, 0.2) is 0 Å². The molecule has 2 aromatic rings. The SMILES string of the molecule is N#Cc1ccc(CN(Cc2ccc(CP(=O)(O)O)cc2)C(CC(=O)O)C2CCCCC2)cc1. The number of rotatable bonds is 10. The Labute approximate surface area is 194 Å². The number of hydrogen-bond donors (Lipinski definition) is 3. The molecule has 7 nitrogen and oxygen atoms in total. The summed E-state index contributed by atoms with van der Waals surface area (Å²) in [6.07, 6.45) is 5.22. The zero-order valence-corrected chi connectivity index (χ0v) is 19.5. The van der Waals surface area contributed by atoms with E-state index in [2.05, 4.69) is 11.0 Å². The number of carbonyl (C=O) groups is 1. The van der Waals surface area contributed by atoms with Gasteiger partial charge in [-0.25, -0.2) is 0 Å². The van der Waals surface area contributed by atoms with E-state index in [0.717, 1.165) is 36.8 Å². The second-order valence-electron chi connectivity index (χ2n) is 8.92. The van der Waals surface area contributed by atoms with Gasteiger partial charge in [0, 0.05) is 19.1 Å². The van der Waals surface area contributed by atoms with Gasteiger partial charge in [0.25, 0.3) is 0 Å². The molecule has 8 heteroatoms. The van der Waals surface area contributed by atoms with E-state index in [1.54, 1.807) is 24.3 Å². The first-order valence-electron chi connectivity index (χ1n) is 11.3. The number of carboxylic acids is 1. The third-order valence-corrected chi connectivity index (χ3v) is 7.09. The number of nitrogens with zero attached hydrogens (tertiary/aromatic N) is 2. The van der Waals surface area contributed by atoms with Crippen molar-refractivity contribution in [2.45, 2.75) is 63.8 Å². The quantitative estimate of drug-likeness (QED) is 0.432.